The number of carbonyl (C=O) groups excluding carboxylic acids is 1. The number of fused-ring (bicyclic) bond motifs is 2. The fourth-order valence-corrected chi connectivity index (χ4v) is 8.26. The highest BCUT2D eigenvalue weighted by Gasteiger charge is 2.50. The number of nitrogens with one attached hydrogen (secondary N) is 2. The van der Waals surface area contributed by atoms with Crippen LogP contribution in [-0.2, 0) is 22.4 Å². The van der Waals surface area contributed by atoms with Gasteiger partial charge in [-0.05, 0) is 81.2 Å². The van der Waals surface area contributed by atoms with E-state index in [9.17, 15) is 10.1 Å². The Labute approximate surface area is 233 Å². The van der Waals surface area contributed by atoms with Gasteiger partial charge in [-0.2, -0.15) is 5.26 Å². The molecule has 3 saturated heterocycles. The molecule has 0 aromatic heterocycles. The van der Waals surface area contributed by atoms with Crippen molar-refractivity contribution in [2.75, 3.05) is 39.8 Å². The Morgan fingerprint density at radius 3 is 2.67 bits per heavy atom. The molecule has 1 saturated carbocycles. The Bertz CT molecular complexity index is 1080. The molecule has 1 aromatic carbocycles. The second-order valence-corrected chi connectivity index (χ2v) is 12.7. The first-order valence-corrected chi connectivity index (χ1v) is 14.9. The van der Waals surface area contributed by atoms with Crippen molar-refractivity contribution in [3.05, 3.63) is 48.0 Å². The molecule has 1 spiro atoms. The van der Waals surface area contributed by atoms with Crippen LogP contribution in [0.4, 0.5) is 0 Å². The molecule has 6 atom stereocenters. The third-order valence-electron chi connectivity index (χ3n) is 10.3. The number of nitrogens with zero attached hydrogens (tertiary/aromatic N) is 4. The normalized spacial score (nSPS) is 34.4. The van der Waals surface area contributed by atoms with Crippen LogP contribution in [0.5, 0.6) is 0 Å². The van der Waals surface area contributed by atoms with Crippen molar-refractivity contribution in [1.82, 2.24) is 25.3 Å². The fraction of sp³-hybridized carbons (Fsp3) is 0.677. The van der Waals surface area contributed by atoms with Crippen LogP contribution in [0.3, 0.4) is 0 Å². The topological polar surface area (TPSA) is 83.9 Å². The van der Waals surface area contributed by atoms with Gasteiger partial charge in [-0.15, -0.1) is 0 Å². The van der Waals surface area contributed by atoms with E-state index in [1.807, 2.05) is 4.90 Å². The molecule has 2 N–H and O–H groups in total. The highest BCUT2D eigenvalue weighted by molar-refractivity contribution is 5.87. The second-order valence-electron chi connectivity index (χ2n) is 12.7. The lowest BCUT2D eigenvalue weighted by atomic mass is 9.65. The number of hydrogen-bond donors (Lipinski definition) is 2. The molecule has 3 heterocycles. The van der Waals surface area contributed by atoms with Crippen LogP contribution >= 0.6 is 0 Å². The van der Waals surface area contributed by atoms with Gasteiger partial charge >= 0.3 is 0 Å². The van der Waals surface area contributed by atoms with Gasteiger partial charge < -0.3 is 14.5 Å². The number of benzene rings is 1. The summed E-state index contributed by atoms with van der Waals surface area (Å²) >= 11 is 0. The fourth-order valence-electron chi connectivity index (χ4n) is 8.26. The average molecular weight is 533 g/mol. The number of likely N-dealkylation sites (N-methyl/N-ethyl adjacent to an activating group) is 1. The number of hydrogen-bond acceptors (Lipinski definition) is 7. The van der Waals surface area contributed by atoms with E-state index in [0.717, 1.165) is 32.5 Å². The van der Waals surface area contributed by atoms with E-state index in [0.29, 0.717) is 42.9 Å². The number of nitriles is 1. The summed E-state index contributed by atoms with van der Waals surface area (Å²) in [5.74, 6) is 0.381. The zero-order valence-electron chi connectivity index (χ0n) is 23.4. The maximum absolute atomic E-state index is 12.5. The molecule has 8 nitrogen and oxygen atoms in total. The van der Waals surface area contributed by atoms with Crippen molar-refractivity contribution < 1.29 is 9.53 Å². The van der Waals surface area contributed by atoms with Crippen LogP contribution in [0.15, 0.2) is 36.9 Å². The van der Waals surface area contributed by atoms with Crippen molar-refractivity contribution in [1.29, 1.82) is 5.26 Å². The van der Waals surface area contributed by atoms with Crippen molar-refractivity contribution in [2.45, 2.75) is 82.0 Å². The third kappa shape index (κ3) is 5.40. The molecular formula is C31H44N6O2. The molecule has 6 unspecified atom stereocenters. The summed E-state index contributed by atoms with van der Waals surface area (Å²) < 4.78 is 6.55. The number of ether oxygens (including phenoxy) is 1. The van der Waals surface area contributed by atoms with E-state index < -0.39 is 0 Å². The van der Waals surface area contributed by atoms with Gasteiger partial charge in [0.1, 0.15) is 0 Å². The molecule has 8 heteroatoms. The molecule has 6 rings (SSSR count). The molecular weight excluding hydrogens is 488 g/mol. The van der Waals surface area contributed by atoms with Crippen LogP contribution in [-0.4, -0.2) is 91.1 Å². The van der Waals surface area contributed by atoms with Crippen LogP contribution < -0.4 is 10.6 Å². The monoisotopic (exact) mass is 532 g/mol. The van der Waals surface area contributed by atoms with Crippen molar-refractivity contribution in [2.24, 2.45) is 11.3 Å². The van der Waals surface area contributed by atoms with Gasteiger partial charge in [-0.25, -0.2) is 0 Å². The van der Waals surface area contributed by atoms with Crippen LogP contribution in [0.25, 0.3) is 0 Å². The Balaban J connectivity index is 1.20. The molecule has 0 bridgehead atoms. The Morgan fingerprint density at radius 2 is 1.97 bits per heavy atom. The van der Waals surface area contributed by atoms with Crippen LogP contribution in [0.1, 0.15) is 49.7 Å². The Kier molecular flexibility index (Phi) is 7.80. The summed E-state index contributed by atoms with van der Waals surface area (Å²) in [5, 5.41) is 17.3. The van der Waals surface area contributed by atoms with E-state index in [1.165, 1.54) is 49.3 Å². The van der Waals surface area contributed by atoms with Crippen molar-refractivity contribution in [3.63, 3.8) is 0 Å². The minimum atomic E-state index is -0.202. The minimum absolute atomic E-state index is 0.0756. The minimum Gasteiger partial charge on any atom is -0.348 e. The summed E-state index contributed by atoms with van der Waals surface area (Å²) in [5.41, 5.74) is 3.38. The predicted octanol–water partition coefficient (Wildman–Crippen LogP) is 2.47. The Morgan fingerprint density at radius 1 is 1.18 bits per heavy atom. The van der Waals surface area contributed by atoms with Crippen molar-refractivity contribution >= 4 is 5.91 Å². The highest BCUT2D eigenvalue weighted by Crippen LogP contribution is 2.50. The molecule has 210 valence electrons. The summed E-state index contributed by atoms with van der Waals surface area (Å²) in [7, 11) is 2.20. The van der Waals surface area contributed by atoms with Gasteiger partial charge in [-0.3, -0.25) is 20.3 Å². The maximum Gasteiger partial charge on any atom is 0.246 e. The Hall–Kier alpha value is -2.28. The molecule has 4 fully saturated rings. The van der Waals surface area contributed by atoms with Gasteiger partial charge in [0.2, 0.25) is 5.91 Å². The molecule has 1 aromatic rings. The van der Waals surface area contributed by atoms with Crippen molar-refractivity contribution in [3.8, 4) is 6.07 Å². The molecule has 39 heavy (non-hydrogen) atoms. The van der Waals surface area contributed by atoms with E-state index in [4.69, 9.17) is 4.74 Å². The summed E-state index contributed by atoms with van der Waals surface area (Å²) in [6, 6.07) is 12.0. The molecule has 5 aliphatic rings. The van der Waals surface area contributed by atoms with Gasteiger partial charge in [-0.1, -0.05) is 30.8 Å². The summed E-state index contributed by atoms with van der Waals surface area (Å²) in [4.78, 5) is 19.3. The lowest BCUT2D eigenvalue weighted by Crippen LogP contribution is -2.72. The third-order valence-corrected chi connectivity index (χ3v) is 10.3. The molecule has 3 aliphatic heterocycles. The number of likely N-dealkylation sites (tertiary alicyclic amines) is 1. The van der Waals surface area contributed by atoms with E-state index in [2.05, 4.69) is 64.4 Å². The number of piperazine rings is 1. The highest BCUT2D eigenvalue weighted by atomic mass is 16.5. The second kappa shape index (κ2) is 11.3. The standard InChI is InChI=1S/C31H44N6O2/c1-3-28(38)37-16-15-36(20-24(37)11-13-32)29-26-10-12-31(17-22-7-4-5-8-23(22)18-31)19-27(26)33-30(34-29)39-21-25-9-6-14-35(25)2/h3-5,7-8,24-27,29-30,33-34H,1,6,9-12,14-21H2,2H3. The van der Waals surface area contributed by atoms with Gasteiger partial charge in [0.25, 0.3) is 0 Å². The van der Waals surface area contributed by atoms with Crippen LogP contribution in [0.2, 0.25) is 0 Å². The predicted molar refractivity (Wildman–Crippen MR) is 150 cm³/mol. The first-order valence-electron chi connectivity index (χ1n) is 14.9. The summed E-state index contributed by atoms with van der Waals surface area (Å²) in [6.45, 7) is 7.66. The zero-order valence-corrected chi connectivity index (χ0v) is 23.4. The van der Waals surface area contributed by atoms with Gasteiger partial charge in [0.05, 0.1) is 31.3 Å². The largest absolute Gasteiger partial charge is 0.348 e. The smallest absolute Gasteiger partial charge is 0.246 e. The van der Waals surface area contributed by atoms with E-state index in [-0.39, 0.29) is 24.5 Å². The number of carbonyl (C=O) groups is 1. The van der Waals surface area contributed by atoms with E-state index >= 15 is 0 Å². The first-order chi connectivity index (χ1) is 19.0. The SMILES string of the molecule is C=CC(=O)N1CCN(C2NC(OCC3CCCN3C)NC3CC4(CCC32)Cc2ccccc2C4)CC1CC#N. The lowest BCUT2D eigenvalue weighted by molar-refractivity contribution is -0.137. The molecule has 2 aliphatic carbocycles. The quantitative estimate of drug-likeness (QED) is 0.545. The summed E-state index contributed by atoms with van der Waals surface area (Å²) in [6.07, 6.45) is 10.0. The lowest BCUT2D eigenvalue weighted by Gasteiger charge is -2.55. The van der Waals surface area contributed by atoms with Gasteiger partial charge in [0, 0.05) is 37.6 Å². The number of amides is 1. The van der Waals surface area contributed by atoms with E-state index in [1.54, 1.807) is 0 Å². The number of rotatable bonds is 6. The maximum atomic E-state index is 12.5. The van der Waals surface area contributed by atoms with Crippen LogP contribution in [0, 0.1) is 22.7 Å². The molecule has 1 amide bonds. The molecule has 0 radical (unpaired) electrons. The zero-order chi connectivity index (χ0) is 27.0. The average Bonchev–Trinajstić information content (AvgIpc) is 3.52. The van der Waals surface area contributed by atoms with Gasteiger partial charge in [0.15, 0.2) is 6.35 Å². The first kappa shape index (κ1) is 26.9.